The third-order valence-corrected chi connectivity index (χ3v) is 4.26. The third-order valence-electron chi connectivity index (χ3n) is 3.86. The smallest absolute Gasteiger partial charge is 0.178 e. The summed E-state index contributed by atoms with van der Waals surface area (Å²) in [6.45, 7) is 0. The van der Waals surface area contributed by atoms with Crippen LogP contribution < -0.4 is 15.4 Å². The molecular weight excluding hydrogens is 354 g/mol. The van der Waals surface area contributed by atoms with Crippen LogP contribution in [0.2, 0.25) is 0 Å². The fourth-order valence-electron chi connectivity index (χ4n) is 2.56. The maximum atomic E-state index is 10.8. The molecule has 2 aromatic heterocycles. The van der Waals surface area contributed by atoms with Crippen LogP contribution in [0.1, 0.15) is 18.5 Å². The van der Waals surface area contributed by atoms with Gasteiger partial charge in [-0.2, -0.15) is 9.78 Å². The zero-order valence-corrected chi connectivity index (χ0v) is 14.3. The fourth-order valence-corrected chi connectivity index (χ4v) is 2.88. The van der Waals surface area contributed by atoms with Crippen LogP contribution in [-0.4, -0.2) is 29.4 Å². The maximum absolute atomic E-state index is 10.8. The number of anilines is 4. The van der Waals surface area contributed by atoms with Crippen LogP contribution in [0.3, 0.4) is 0 Å². The summed E-state index contributed by atoms with van der Waals surface area (Å²) in [5.74, 6) is 0.510. The number of aromatic nitrogens is 3. The van der Waals surface area contributed by atoms with E-state index in [4.69, 9.17) is 0 Å². The predicted molar refractivity (Wildman–Crippen MR) is 96.6 cm³/mol. The van der Waals surface area contributed by atoms with E-state index in [-0.39, 0.29) is 0 Å². The second-order valence-electron chi connectivity index (χ2n) is 5.90. The van der Waals surface area contributed by atoms with E-state index in [0.717, 1.165) is 18.5 Å². The van der Waals surface area contributed by atoms with Crippen molar-refractivity contribution in [2.75, 3.05) is 15.4 Å². The molecule has 1 saturated carbocycles. The number of rotatable bonds is 6. The zero-order valence-electron chi connectivity index (χ0n) is 13.5. The number of nitrogens with zero attached hydrogens (tertiary/aromatic N) is 4. The van der Waals surface area contributed by atoms with Gasteiger partial charge in [0.2, 0.25) is 0 Å². The summed E-state index contributed by atoms with van der Waals surface area (Å²) in [4.78, 5) is 4.27. The molecule has 3 aromatic rings. The molecule has 0 aliphatic heterocycles. The Morgan fingerprint density at radius 1 is 1.31 bits per heavy atom. The summed E-state index contributed by atoms with van der Waals surface area (Å²) in [7, 11) is 0. The molecule has 10 heteroatoms. The standard InChI is InChI=1S/C16H15N7O2S/c17-8-13-9-18-16-14(19-10-4-5-10)7-15(21-23(13)16)20-11-2-1-3-12(6-11)22-26(24)25/h1-3,6-7,9-10,19,22H,4-5H2,(H,20,21)(H,24,25)/p-1. The molecule has 0 saturated heterocycles. The van der Waals surface area contributed by atoms with Gasteiger partial charge in [0.05, 0.1) is 11.9 Å². The molecule has 0 bridgehead atoms. The van der Waals surface area contributed by atoms with Crippen LogP contribution in [0, 0.1) is 11.3 Å². The Hall–Kier alpha value is -3.16. The van der Waals surface area contributed by atoms with Crippen molar-refractivity contribution in [1.29, 1.82) is 5.26 Å². The molecule has 2 heterocycles. The van der Waals surface area contributed by atoms with E-state index in [9.17, 15) is 14.0 Å². The normalized spacial score (nSPS) is 14.6. The Labute approximate surface area is 151 Å². The van der Waals surface area contributed by atoms with Gasteiger partial charge in [0.25, 0.3) is 0 Å². The molecule has 1 atom stereocenters. The van der Waals surface area contributed by atoms with Gasteiger partial charge < -0.3 is 19.9 Å². The molecule has 9 nitrogen and oxygen atoms in total. The highest BCUT2D eigenvalue weighted by Crippen LogP contribution is 2.29. The highest BCUT2D eigenvalue weighted by atomic mass is 32.2. The van der Waals surface area contributed by atoms with Gasteiger partial charge >= 0.3 is 0 Å². The lowest BCUT2D eigenvalue weighted by atomic mass is 10.3. The number of hydrogen-bond donors (Lipinski definition) is 3. The molecular formula is C16H14N7O2S-. The number of nitrogens with one attached hydrogen (secondary N) is 3. The van der Waals surface area contributed by atoms with Crippen molar-refractivity contribution in [2.45, 2.75) is 18.9 Å². The first-order valence-corrected chi connectivity index (χ1v) is 8.98. The minimum atomic E-state index is -2.39. The van der Waals surface area contributed by atoms with Gasteiger partial charge in [-0.25, -0.2) is 4.98 Å². The van der Waals surface area contributed by atoms with E-state index in [1.165, 1.54) is 10.7 Å². The van der Waals surface area contributed by atoms with Gasteiger partial charge in [0.1, 0.15) is 6.07 Å². The summed E-state index contributed by atoms with van der Waals surface area (Å²) in [5, 5.41) is 20.2. The van der Waals surface area contributed by atoms with Gasteiger partial charge in [-0.05, 0) is 31.0 Å². The first-order valence-electron chi connectivity index (χ1n) is 7.91. The van der Waals surface area contributed by atoms with Crippen LogP contribution >= 0.6 is 0 Å². The zero-order chi connectivity index (χ0) is 18.1. The van der Waals surface area contributed by atoms with Crippen LogP contribution in [-0.2, 0) is 11.3 Å². The number of hydrogen-bond acceptors (Lipinski definition) is 7. The lowest BCUT2D eigenvalue weighted by Crippen LogP contribution is -2.08. The highest BCUT2D eigenvalue weighted by molar-refractivity contribution is 7.80. The van der Waals surface area contributed by atoms with Crippen LogP contribution in [0.4, 0.5) is 22.9 Å². The van der Waals surface area contributed by atoms with E-state index < -0.39 is 11.3 Å². The number of nitriles is 1. The van der Waals surface area contributed by atoms with Crippen molar-refractivity contribution in [1.82, 2.24) is 14.6 Å². The summed E-state index contributed by atoms with van der Waals surface area (Å²) in [6, 6.07) is 11.1. The van der Waals surface area contributed by atoms with Crippen LogP contribution in [0.25, 0.3) is 5.65 Å². The number of benzene rings is 1. The molecule has 0 radical (unpaired) electrons. The topological polar surface area (TPSA) is 130 Å². The van der Waals surface area contributed by atoms with E-state index in [0.29, 0.717) is 34.6 Å². The minimum absolute atomic E-state index is 0.333. The molecule has 0 spiro atoms. The quantitative estimate of drug-likeness (QED) is 0.568. The van der Waals surface area contributed by atoms with Crippen LogP contribution in [0.5, 0.6) is 0 Å². The predicted octanol–water partition coefficient (Wildman–Crippen LogP) is 2.12. The van der Waals surface area contributed by atoms with Gasteiger partial charge in [0, 0.05) is 34.7 Å². The molecule has 1 aromatic carbocycles. The fraction of sp³-hybridized carbons (Fsp3) is 0.188. The second-order valence-corrected chi connectivity index (χ2v) is 6.57. The molecule has 1 aliphatic rings. The van der Waals surface area contributed by atoms with Gasteiger partial charge in [-0.1, -0.05) is 6.07 Å². The van der Waals surface area contributed by atoms with Gasteiger partial charge in [-0.15, -0.1) is 5.10 Å². The molecule has 1 fully saturated rings. The van der Waals surface area contributed by atoms with E-state index in [2.05, 4.69) is 31.5 Å². The average Bonchev–Trinajstić information content (AvgIpc) is 3.31. The van der Waals surface area contributed by atoms with E-state index in [1.54, 1.807) is 24.3 Å². The minimum Gasteiger partial charge on any atom is -0.755 e. The van der Waals surface area contributed by atoms with Crippen LogP contribution in [0.15, 0.2) is 36.5 Å². The Morgan fingerprint density at radius 3 is 2.85 bits per heavy atom. The summed E-state index contributed by atoms with van der Waals surface area (Å²) in [5.41, 5.74) is 2.81. The second kappa shape index (κ2) is 6.62. The Bertz CT molecular complexity index is 1040. The van der Waals surface area contributed by atoms with E-state index in [1.807, 2.05) is 6.07 Å². The lowest BCUT2D eigenvalue weighted by molar-refractivity contribution is 0.542. The molecule has 132 valence electrons. The first-order chi connectivity index (χ1) is 12.6. The average molecular weight is 368 g/mol. The van der Waals surface area contributed by atoms with Crippen molar-refractivity contribution in [3.05, 3.63) is 42.2 Å². The highest BCUT2D eigenvalue weighted by Gasteiger charge is 2.23. The molecule has 0 amide bonds. The maximum Gasteiger partial charge on any atom is 0.178 e. The Balaban J connectivity index is 1.69. The van der Waals surface area contributed by atoms with Crippen molar-refractivity contribution >= 4 is 39.8 Å². The van der Waals surface area contributed by atoms with Gasteiger partial charge in [0.15, 0.2) is 17.2 Å². The van der Waals surface area contributed by atoms with Crippen molar-refractivity contribution in [3.63, 3.8) is 0 Å². The SMILES string of the molecule is N#Cc1cnc2c(NC3CC3)cc(Nc3cccc(NS(=O)[O-])c3)nn12. The molecule has 4 rings (SSSR count). The Kier molecular flexibility index (Phi) is 4.16. The molecule has 3 N–H and O–H groups in total. The first kappa shape index (κ1) is 16.3. The summed E-state index contributed by atoms with van der Waals surface area (Å²) < 4.78 is 25.4. The molecule has 1 unspecified atom stereocenters. The third kappa shape index (κ3) is 3.44. The lowest BCUT2D eigenvalue weighted by Gasteiger charge is -2.13. The number of imidazole rings is 1. The largest absolute Gasteiger partial charge is 0.755 e. The van der Waals surface area contributed by atoms with Crippen molar-refractivity contribution in [2.24, 2.45) is 0 Å². The summed E-state index contributed by atoms with van der Waals surface area (Å²) in [6.07, 6.45) is 3.69. The van der Waals surface area contributed by atoms with Crippen molar-refractivity contribution in [3.8, 4) is 6.07 Å². The monoisotopic (exact) mass is 368 g/mol. The van der Waals surface area contributed by atoms with Gasteiger partial charge in [-0.3, -0.25) is 4.21 Å². The summed E-state index contributed by atoms with van der Waals surface area (Å²) >= 11 is -2.39. The molecule has 1 aliphatic carbocycles. The van der Waals surface area contributed by atoms with E-state index >= 15 is 0 Å². The van der Waals surface area contributed by atoms with Crippen molar-refractivity contribution < 1.29 is 8.76 Å². The number of fused-ring (bicyclic) bond motifs is 1. The molecule has 26 heavy (non-hydrogen) atoms. The Morgan fingerprint density at radius 2 is 2.12 bits per heavy atom.